The molecular weight excluding hydrogens is 254 g/mol. The van der Waals surface area contributed by atoms with Crippen molar-refractivity contribution < 1.29 is 9.59 Å². The Morgan fingerprint density at radius 2 is 2.05 bits per heavy atom. The van der Waals surface area contributed by atoms with Crippen LogP contribution in [0.3, 0.4) is 0 Å². The predicted molar refractivity (Wildman–Crippen MR) is 75.8 cm³/mol. The molecule has 2 atom stereocenters. The summed E-state index contributed by atoms with van der Waals surface area (Å²) in [4.78, 5) is 26.9. The van der Waals surface area contributed by atoms with E-state index in [1.54, 1.807) is 0 Å². The lowest BCUT2D eigenvalue weighted by Crippen LogP contribution is -2.56. The average Bonchev–Trinajstić information content (AvgIpc) is 2.89. The molecule has 0 bridgehead atoms. The van der Waals surface area contributed by atoms with Gasteiger partial charge in [0.1, 0.15) is 0 Å². The molecule has 2 heterocycles. The fourth-order valence-corrected chi connectivity index (χ4v) is 4.24. The molecule has 3 aliphatic rings. The summed E-state index contributed by atoms with van der Waals surface area (Å²) in [7, 11) is 0. The van der Waals surface area contributed by atoms with Gasteiger partial charge in [0.2, 0.25) is 11.8 Å². The van der Waals surface area contributed by atoms with Crippen LogP contribution in [0.25, 0.3) is 0 Å². The molecule has 2 unspecified atom stereocenters. The highest BCUT2D eigenvalue weighted by Gasteiger charge is 2.48. The minimum atomic E-state index is -0.355. The summed E-state index contributed by atoms with van der Waals surface area (Å²) >= 11 is 0. The largest absolute Gasteiger partial charge is 0.354 e. The Labute approximate surface area is 120 Å². The number of carbonyl (C=O) groups is 2. The van der Waals surface area contributed by atoms with Crippen molar-refractivity contribution >= 4 is 11.8 Å². The number of nitrogens with zero attached hydrogens (tertiary/aromatic N) is 1. The number of hydrogen-bond donors (Lipinski definition) is 2. The minimum absolute atomic E-state index is 0.00566. The Kier molecular flexibility index (Phi) is 3.71. The highest BCUT2D eigenvalue weighted by atomic mass is 16.2. The Morgan fingerprint density at radius 3 is 2.75 bits per heavy atom. The first-order chi connectivity index (χ1) is 9.68. The summed E-state index contributed by atoms with van der Waals surface area (Å²) in [6, 6.07) is 0.0640. The van der Waals surface area contributed by atoms with Crippen molar-refractivity contribution in [2.45, 2.75) is 51.0 Å². The number of nitrogens with two attached hydrogens (primary N) is 1. The van der Waals surface area contributed by atoms with Crippen molar-refractivity contribution in [1.82, 2.24) is 10.2 Å². The second-order valence-electron chi connectivity index (χ2n) is 6.60. The van der Waals surface area contributed by atoms with E-state index in [0.29, 0.717) is 13.1 Å². The number of carbonyl (C=O) groups excluding carboxylic acids is 2. The molecule has 1 aliphatic carbocycles. The van der Waals surface area contributed by atoms with E-state index in [9.17, 15) is 9.59 Å². The van der Waals surface area contributed by atoms with Gasteiger partial charge in [-0.3, -0.25) is 9.59 Å². The molecule has 3 rings (SSSR count). The molecule has 5 heteroatoms. The third kappa shape index (κ3) is 2.12. The normalized spacial score (nSPS) is 32.6. The number of hydrogen-bond acceptors (Lipinski definition) is 3. The summed E-state index contributed by atoms with van der Waals surface area (Å²) < 4.78 is 0. The molecular formula is C15H25N3O2. The zero-order chi connectivity index (χ0) is 14.2. The first-order valence-electron chi connectivity index (χ1n) is 7.97. The van der Waals surface area contributed by atoms with Crippen LogP contribution in [0.5, 0.6) is 0 Å². The second-order valence-corrected chi connectivity index (χ2v) is 6.60. The third-order valence-corrected chi connectivity index (χ3v) is 5.52. The van der Waals surface area contributed by atoms with Crippen molar-refractivity contribution in [2.24, 2.45) is 17.1 Å². The van der Waals surface area contributed by atoms with Crippen LogP contribution in [-0.2, 0) is 9.59 Å². The zero-order valence-corrected chi connectivity index (χ0v) is 12.1. The molecule has 0 radical (unpaired) electrons. The molecule has 1 saturated carbocycles. The summed E-state index contributed by atoms with van der Waals surface area (Å²) in [5.74, 6) is 0.343. The lowest BCUT2D eigenvalue weighted by atomic mass is 9.72. The van der Waals surface area contributed by atoms with Gasteiger partial charge < -0.3 is 16.0 Å². The first-order valence-corrected chi connectivity index (χ1v) is 7.97. The van der Waals surface area contributed by atoms with E-state index in [1.165, 1.54) is 6.42 Å². The Bertz CT molecular complexity index is 404. The van der Waals surface area contributed by atoms with Crippen LogP contribution in [0.1, 0.15) is 44.9 Å². The van der Waals surface area contributed by atoms with Crippen LogP contribution < -0.4 is 11.1 Å². The predicted octanol–water partition coefficient (Wildman–Crippen LogP) is 0.633. The number of piperidine rings is 1. The van der Waals surface area contributed by atoms with Crippen molar-refractivity contribution in [1.29, 1.82) is 0 Å². The topological polar surface area (TPSA) is 75.4 Å². The van der Waals surface area contributed by atoms with Gasteiger partial charge in [0.25, 0.3) is 0 Å². The van der Waals surface area contributed by atoms with Crippen molar-refractivity contribution in [3.63, 3.8) is 0 Å². The number of fused-ring (bicyclic) bond motifs is 1. The fraction of sp³-hybridized carbons (Fsp3) is 0.867. The van der Waals surface area contributed by atoms with Crippen LogP contribution in [-0.4, -0.2) is 42.4 Å². The summed E-state index contributed by atoms with van der Waals surface area (Å²) in [5, 5.41) is 2.92. The minimum Gasteiger partial charge on any atom is -0.354 e. The fourth-order valence-electron chi connectivity index (χ4n) is 4.24. The smallest absolute Gasteiger partial charge is 0.230 e. The SMILES string of the molecule is NCC1(C(=O)N2CCCC3C(=O)NCC32)CCCCC1. The van der Waals surface area contributed by atoms with E-state index in [-0.39, 0.29) is 29.2 Å². The quantitative estimate of drug-likeness (QED) is 0.778. The molecule has 2 amide bonds. The maximum atomic E-state index is 13.1. The molecule has 20 heavy (non-hydrogen) atoms. The summed E-state index contributed by atoms with van der Waals surface area (Å²) in [6.45, 7) is 1.85. The van der Waals surface area contributed by atoms with Crippen LogP contribution in [0.4, 0.5) is 0 Å². The molecule has 2 saturated heterocycles. The Hall–Kier alpha value is -1.10. The van der Waals surface area contributed by atoms with Gasteiger partial charge >= 0.3 is 0 Å². The van der Waals surface area contributed by atoms with Gasteiger partial charge in [0.05, 0.1) is 17.4 Å². The molecule has 3 N–H and O–H groups in total. The van der Waals surface area contributed by atoms with Gasteiger partial charge in [0.15, 0.2) is 0 Å². The Balaban J connectivity index is 1.80. The second kappa shape index (κ2) is 5.35. The van der Waals surface area contributed by atoms with Gasteiger partial charge in [-0.15, -0.1) is 0 Å². The average molecular weight is 279 g/mol. The van der Waals surface area contributed by atoms with E-state index in [4.69, 9.17) is 5.73 Å². The molecule has 3 fully saturated rings. The van der Waals surface area contributed by atoms with Gasteiger partial charge in [-0.1, -0.05) is 19.3 Å². The lowest BCUT2D eigenvalue weighted by Gasteiger charge is -2.44. The molecule has 0 aromatic carbocycles. The maximum absolute atomic E-state index is 13.1. The summed E-state index contributed by atoms with van der Waals surface area (Å²) in [6.07, 6.45) is 7.08. The van der Waals surface area contributed by atoms with E-state index in [2.05, 4.69) is 5.32 Å². The standard InChI is InChI=1S/C15H25N3O2/c16-10-15(6-2-1-3-7-15)14(20)18-8-4-5-11-12(18)9-17-13(11)19/h11-12H,1-10,16H2,(H,17,19). The van der Waals surface area contributed by atoms with Gasteiger partial charge in [0, 0.05) is 19.6 Å². The van der Waals surface area contributed by atoms with Crippen molar-refractivity contribution in [2.75, 3.05) is 19.6 Å². The monoisotopic (exact) mass is 279 g/mol. The van der Waals surface area contributed by atoms with Gasteiger partial charge in [-0.05, 0) is 25.7 Å². The highest BCUT2D eigenvalue weighted by Crippen LogP contribution is 2.39. The molecule has 112 valence electrons. The zero-order valence-electron chi connectivity index (χ0n) is 12.1. The summed E-state index contributed by atoms with van der Waals surface area (Å²) in [5.41, 5.74) is 5.62. The van der Waals surface area contributed by atoms with Crippen molar-refractivity contribution in [3.05, 3.63) is 0 Å². The molecule has 5 nitrogen and oxygen atoms in total. The van der Waals surface area contributed by atoms with Gasteiger partial charge in [-0.2, -0.15) is 0 Å². The maximum Gasteiger partial charge on any atom is 0.230 e. The van der Waals surface area contributed by atoms with E-state index in [0.717, 1.165) is 45.1 Å². The highest BCUT2D eigenvalue weighted by molar-refractivity contribution is 5.87. The molecule has 0 aromatic rings. The third-order valence-electron chi connectivity index (χ3n) is 5.52. The number of amides is 2. The number of rotatable bonds is 2. The molecule has 0 spiro atoms. The van der Waals surface area contributed by atoms with E-state index < -0.39 is 0 Å². The molecule has 2 aliphatic heterocycles. The first kappa shape index (κ1) is 13.9. The number of nitrogens with one attached hydrogen (secondary N) is 1. The van der Waals surface area contributed by atoms with Crippen molar-refractivity contribution in [3.8, 4) is 0 Å². The molecule has 0 aromatic heterocycles. The van der Waals surface area contributed by atoms with E-state index in [1.807, 2.05) is 4.90 Å². The lowest BCUT2D eigenvalue weighted by molar-refractivity contribution is -0.148. The van der Waals surface area contributed by atoms with Crippen LogP contribution in [0.15, 0.2) is 0 Å². The Morgan fingerprint density at radius 1 is 1.30 bits per heavy atom. The van der Waals surface area contributed by atoms with E-state index >= 15 is 0 Å². The van der Waals surface area contributed by atoms with Gasteiger partial charge in [-0.25, -0.2) is 0 Å². The van der Waals surface area contributed by atoms with Crippen LogP contribution in [0.2, 0.25) is 0 Å². The number of likely N-dealkylation sites (tertiary alicyclic amines) is 1. The van der Waals surface area contributed by atoms with Crippen LogP contribution in [0, 0.1) is 11.3 Å². The van der Waals surface area contributed by atoms with Crippen LogP contribution >= 0.6 is 0 Å².